The van der Waals surface area contributed by atoms with E-state index in [1.807, 2.05) is 0 Å². The summed E-state index contributed by atoms with van der Waals surface area (Å²) < 4.78 is 18.7. The molecule has 1 aliphatic heterocycles. The molecule has 1 aromatic heterocycles. The number of para-hydroxylation sites is 1. The van der Waals surface area contributed by atoms with Crippen molar-refractivity contribution in [2.75, 3.05) is 25.0 Å². The number of benzene rings is 1. The van der Waals surface area contributed by atoms with E-state index in [-0.39, 0.29) is 17.5 Å². The standard InChI is InChI=1S/C21H22FN3O4/c22-17-5-1-2-6-18(17)24-21(28)20(27)23-14-15-9-11-25(12-10-15)19(26)8-7-16-4-3-13-29-16/h1-8,13,15H,9-12,14H2,(H,23,27)(H,24,28). The second-order valence-electron chi connectivity index (χ2n) is 6.76. The summed E-state index contributed by atoms with van der Waals surface area (Å²) in [5, 5.41) is 4.83. The Morgan fingerprint density at radius 3 is 2.55 bits per heavy atom. The molecule has 2 heterocycles. The molecule has 0 saturated carbocycles. The van der Waals surface area contributed by atoms with E-state index in [4.69, 9.17) is 4.42 Å². The Bertz CT molecular complexity index is 887. The molecule has 8 heteroatoms. The van der Waals surface area contributed by atoms with Gasteiger partial charge >= 0.3 is 11.8 Å². The molecule has 0 bridgehead atoms. The molecule has 1 fully saturated rings. The fourth-order valence-electron chi connectivity index (χ4n) is 3.06. The molecule has 0 unspecified atom stereocenters. The number of carbonyl (C=O) groups excluding carboxylic acids is 3. The van der Waals surface area contributed by atoms with E-state index in [2.05, 4.69) is 10.6 Å². The number of carbonyl (C=O) groups is 3. The number of amides is 3. The number of anilines is 1. The van der Waals surface area contributed by atoms with E-state index >= 15 is 0 Å². The van der Waals surface area contributed by atoms with E-state index < -0.39 is 17.6 Å². The van der Waals surface area contributed by atoms with Crippen molar-refractivity contribution in [1.82, 2.24) is 10.2 Å². The van der Waals surface area contributed by atoms with Crippen molar-refractivity contribution in [1.29, 1.82) is 0 Å². The molecule has 3 rings (SSSR count). The molecule has 1 aliphatic rings. The summed E-state index contributed by atoms with van der Waals surface area (Å²) in [6.07, 6.45) is 6.09. The maximum absolute atomic E-state index is 13.5. The molecule has 152 valence electrons. The number of hydrogen-bond acceptors (Lipinski definition) is 4. The summed E-state index contributed by atoms with van der Waals surface area (Å²) in [6.45, 7) is 1.47. The van der Waals surface area contributed by atoms with Crippen molar-refractivity contribution in [2.45, 2.75) is 12.8 Å². The molecular weight excluding hydrogens is 377 g/mol. The average Bonchev–Trinajstić information content (AvgIpc) is 3.26. The van der Waals surface area contributed by atoms with Crippen molar-refractivity contribution in [3.05, 3.63) is 60.3 Å². The Morgan fingerprint density at radius 2 is 1.86 bits per heavy atom. The minimum absolute atomic E-state index is 0.0397. The lowest BCUT2D eigenvalue weighted by atomic mass is 9.96. The minimum Gasteiger partial charge on any atom is -0.465 e. The van der Waals surface area contributed by atoms with Gasteiger partial charge < -0.3 is 20.0 Å². The normalized spacial score (nSPS) is 14.7. The number of rotatable bonds is 5. The highest BCUT2D eigenvalue weighted by atomic mass is 19.1. The molecule has 7 nitrogen and oxygen atoms in total. The fraction of sp³-hybridized carbons (Fsp3) is 0.286. The van der Waals surface area contributed by atoms with E-state index in [1.165, 1.54) is 24.3 Å². The largest absolute Gasteiger partial charge is 0.465 e. The van der Waals surface area contributed by atoms with E-state index in [0.29, 0.717) is 25.4 Å². The van der Waals surface area contributed by atoms with Crippen LogP contribution in [0.1, 0.15) is 18.6 Å². The predicted octanol–water partition coefficient (Wildman–Crippen LogP) is 2.43. The third-order valence-corrected chi connectivity index (χ3v) is 4.74. The lowest BCUT2D eigenvalue weighted by molar-refractivity contribution is -0.136. The van der Waals surface area contributed by atoms with E-state index in [0.717, 1.165) is 12.8 Å². The van der Waals surface area contributed by atoms with E-state index in [1.54, 1.807) is 35.4 Å². The summed E-state index contributed by atoms with van der Waals surface area (Å²) in [4.78, 5) is 37.8. The highest BCUT2D eigenvalue weighted by molar-refractivity contribution is 6.39. The van der Waals surface area contributed by atoms with Crippen molar-refractivity contribution < 1.29 is 23.2 Å². The average molecular weight is 399 g/mol. The zero-order valence-electron chi connectivity index (χ0n) is 15.8. The fourth-order valence-corrected chi connectivity index (χ4v) is 3.06. The first-order valence-electron chi connectivity index (χ1n) is 9.37. The van der Waals surface area contributed by atoms with Crippen LogP contribution in [0.3, 0.4) is 0 Å². The Morgan fingerprint density at radius 1 is 1.10 bits per heavy atom. The van der Waals surface area contributed by atoms with Crippen molar-refractivity contribution in [2.24, 2.45) is 5.92 Å². The molecule has 0 radical (unpaired) electrons. The third-order valence-electron chi connectivity index (χ3n) is 4.74. The van der Waals surface area contributed by atoms with Crippen LogP contribution in [0.15, 0.2) is 53.2 Å². The van der Waals surface area contributed by atoms with Crippen LogP contribution in [0.25, 0.3) is 6.08 Å². The third kappa shape index (κ3) is 5.78. The number of hydrogen-bond donors (Lipinski definition) is 2. The Kier molecular flexibility index (Phi) is 6.78. The quantitative estimate of drug-likeness (QED) is 0.597. The maximum Gasteiger partial charge on any atom is 0.313 e. The molecular formula is C21H22FN3O4. The predicted molar refractivity (Wildman–Crippen MR) is 105 cm³/mol. The zero-order chi connectivity index (χ0) is 20.6. The van der Waals surface area contributed by atoms with Gasteiger partial charge in [-0.05, 0) is 49.1 Å². The van der Waals surface area contributed by atoms with Crippen LogP contribution < -0.4 is 10.6 Å². The summed E-state index contributed by atoms with van der Waals surface area (Å²) in [5.74, 6) is -1.64. The topological polar surface area (TPSA) is 91.7 Å². The lowest BCUT2D eigenvalue weighted by Crippen LogP contribution is -2.43. The second kappa shape index (κ2) is 9.68. The second-order valence-corrected chi connectivity index (χ2v) is 6.76. The SMILES string of the molecule is O=C(NCC1CCN(C(=O)C=Cc2ccco2)CC1)C(=O)Nc1ccccc1F. The lowest BCUT2D eigenvalue weighted by Gasteiger charge is -2.31. The minimum atomic E-state index is -0.911. The number of piperidine rings is 1. The van der Waals surface area contributed by atoms with Crippen LogP contribution >= 0.6 is 0 Å². The molecule has 1 aromatic carbocycles. The summed E-state index contributed by atoms with van der Waals surface area (Å²) in [5.41, 5.74) is -0.0397. The van der Waals surface area contributed by atoms with Gasteiger partial charge in [0.05, 0.1) is 12.0 Å². The number of nitrogens with one attached hydrogen (secondary N) is 2. The van der Waals surface area contributed by atoms with Crippen LogP contribution in [0.2, 0.25) is 0 Å². The van der Waals surface area contributed by atoms with Gasteiger partial charge in [-0.1, -0.05) is 12.1 Å². The van der Waals surface area contributed by atoms with Gasteiger partial charge in [0.25, 0.3) is 0 Å². The first-order valence-corrected chi connectivity index (χ1v) is 9.37. The molecule has 3 amide bonds. The van der Waals surface area contributed by atoms with Gasteiger partial charge in [0.1, 0.15) is 11.6 Å². The van der Waals surface area contributed by atoms with Crippen LogP contribution in [0, 0.1) is 11.7 Å². The zero-order valence-corrected chi connectivity index (χ0v) is 15.8. The summed E-state index contributed by atoms with van der Waals surface area (Å²) in [7, 11) is 0. The highest BCUT2D eigenvalue weighted by Crippen LogP contribution is 2.17. The van der Waals surface area contributed by atoms with Gasteiger partial charge in [-0.15, -0.1) is 0 Å². The van der Waals surface area contributed by atoms with Crippen LogP contribution in [0.4, 0.5) is 10.1 Å². The monoisotopic (exact) mass is 399 g/mol. The first kappa shape index (κ1) is 20.3. The van der Waals surface area contributed by atoms with Gasteiger partial charge in [-0.25, -0.2) is 4.39 Å². The Balaban J connectivity index is 1.39. The van der Waals surface area contributed by atoms with Gasteiger partial charge in [-0.2, -0.15) is 0 Å². The molecule has 0 spiro atoms. The van der Waals surface area contributed by atoms with Crippen LogP contribution in [0.5, 0.6) is 0 Å². The Hall–Kier alpha value is -3.42. The highest BCUT2D eigenvalue weighted by Gasteiger charge is 2.23. The molecule has 2 N–H and O–H groups in total. The molecule has 2 aromatic rings. The number of halogens is 1. The molecule has 0 atom stereocenters. The van der Waals surface area contributed by atoms with Crippen molar-refractivity contribution >= 4 is 29.5 Å². The smallest absolute Gasteiger partial charge is 0.313 e. The maximum atomic E-state index is 13.5. The Labute approximate surface area is 167 Å². The molecule has 0 aliphatic carbocycles. The van der Waals surface area contributed by atoms with Crippen molar-refractivity contribution in [3.8, 4) is 0 Å². The summed E-state index contributed by atoms with van der Waals surface area (Å²) in [6, 6.07) is 9.16. The number of nitrogens with zero attached hydrogens (tertiary/aromatic N) is 1. The van der Waals surface area contributed by atoms with Gasteiger partial charge in [-0.3, -0.25) is 14.4 Å². The van der Waals surface area contributed by atoms with Gasteiger partial charge in [0, 0.05) is 25.7 Å². The van der Waals surface area contributed by atoms with Gasteiger partial charge in [0.2, 0.25) is 5.91 Å². The molecule has 1 saturated heterocycles. The number of furan rings is 1. The van der Waals surface area contributed by atoms with Crippen molar-refractivity contribution in [3.63, 3.8) is 0 Å². The van der Waals surface area contributed by atoms with Gasteiger partial charge in [0.15, 0.2) is 0 Å². The number of likely N-dealkylation sites (tertiary alicyclic amines) is 1. The summed E-state index contributed by atoms with van der Waals surface area (Å²) >= 11 is 0. The molecule has 29 heavy (non-hydrogen) atoms. The first-order chi connectivity index (χ1) is 14.0. The van der Waals surface area contributed by atoms with E-state index in [9.17, 15) is 18.8 Å². The van der Waals surface area contributed by atoms with Crippen LogP contribution in [-0.2, 0) is 14.4 Å². The van der Waals surface area contributed by atoms with Crippen LogP contribution in [-0.4, -0.2) is 42.3 Å².